The van der Waals surface area contributed by atoms with Gasteiger partial charge >= 0.3 is 0 Å². The first-order chi connectivity index (χ1) is 9.50. The van der Waals surface area contributed by atoms with Crippen LogP contribution in [0.1, 0.15) is 17.4 Å². The molecule has 0 unspecified atom stereocenters. The van der Waals surface area contributed by atoms with Crippen molar-refractivity contribution in [2.45, 2.75) is 24.6 Å². The van der Waals surface area contributed by atoms with E-state index in [1.54, 1.807) is 11.4 Å². The van der Waals surface area contributed by atoms with Crippen molar-refractivity contribution in [1.29, 1.82) is 0 Å². The minimum atomic E-state index is -3.53. The van der Waals surface area contributed by atoms with E-state index in [0.29, 0.717) is 23.0 Å². The highest BCUT2D eigenvalue weighted by molar-refractivity contribution is 7.93. The van der Waals surface area contributed by atoms with Gasteiger partial charge in [-0.1, -0.05) is 18.2 Å². The summed E-state index contributed by atoms with van der Waals surface area (Å²) >= 11 is 7.11. The van der Waals surface area contributed by atoms with E-state index in [0.717, 1.165) is 10.4 Å². The van der Waals surface area contributed by atoms with E-state index >= 15 is 0 Å². The fourth-order valence-electron chi connectivity index (χ4n) is 2.01. The zero-order valence-electron chi connectivity index (χ0n) is 11.3. The number of halogens is 1. The summed E-state index contributed by atoms with van der Waals surface area (Å²) in [6.45, 7) is 4.13. The predicted molar refractivity (Wildman–Crippen MR) is 85.3 cm³/mol. The van der Waals surface area contributed by atoms with E-state index < -0.39 is 10.0 Å². The summed E-state index contributed by atoms with van der Waals surface area (Å²) < 4.78 is 26.9. The minimum Gasteiger partial charge on any atom is -0.266 e. The van der Waals surface area contributed by atoms with Gasteiger partial charge in [0.2, 0.25) is 0 Å². The van der Waals surface area contributed by atoms with Crippen molar-refractivity contribution in [3.05, 3.63) is 46.2 Å². The molecule has 0 bridgehead atoms. The molecule has 0 saturated heterocycles. The van der Waals surface area contributed by atoms with Crippen LogP contribution in [0.5, 0.6) is 0 Å². The molecular weight excluding hydrogens is 314 g/mol. The van der Waals surface area contributed by atoms with Gasteiger partial charge in [0.25, 0.3) is 10.0 Å². The lowest BCUT2D eigenvalue weighted by atomic mass is 10.2. The Morgan fingerprint density at radius 1 is 1.30 bits per heavy atom. The molecule has 0 aliphatic heterocycles. The van der Waals surface area contributed by atoms with E-state index in [1.807, 2.05) is 38.1 Å². The molecule has 20 heavy (non-hydrogen) atoms. The molecule has 6 heteroatoms. The summed E-state index contributed by atoms with van der Waals surface area (Å²) in [4.78, 5) is 1.16. The van der Waals surface area contributed by atoms with E-state index in [2.05, 4.69) is 0 Å². The molecule has 2 aromatic rings. The molecule has 0 atom stereocenters. The van der Waals surface area contributed by atoms with Gasteiger partial charge in [-0.25, -0.2) is 8.42 Å². The number of hydrogen-bond donors (Lipinski definition) is 0. The number of hydrogen-bond acceptors (Lipinski definition) is 3. The third kappa shape index (κ3) is 2.85. The van der Waals surface area contributed by atoms with Crippen LogP contribution in [0.2, 0.25) is 0 Å². The maximum atomic E-state index is 12.7. The molecule has 1 aromatic heterocycles. The highest BCUT2D eigenvalue weighted by Gasteiger charge is 2.25. The summed E-state index contributed by atoms with van der Waals surface area (Å²) in [5, 5.41) is 1.65. The molecule has 0 radical (unpaired) electrons. The Morgan fingerprint density at radius 3 is 2.55 bits per heavy atom. The Morgan fingerprint density at radius 2 is 2.00 bits per heavy atom. The van der Waals surface area contributed by atoms with Crippen LogP contribution in [-0.2, 0) is 15.9 Å². The molecule has 0 N–H and O–H groups in total. The fraction of sp³-hybridized carbons (Fsp3) is 0.286. The lowest BCUT2D eigenvalue weighted by molar-refractivity contribution is 0.592. The number of anilines is 1. The Bertz CT molecular complexity index is 695. The van der Waals surface area contributed by atoms with Gasteiger partial charge < -0.3 is 0 Å². The molecule has 3 nitrogen and oxygen atoms in total. The summed E-state index contributed by atoms with van der Waals surface area (Å²) in [6.07, 6.45) is 0. The van der Waals surface area contributed by atoms with Crippen molar-refractivity contribution < 1.29 is 8.42 Å². The van der Waals surface area contributed by atoms with Crippen LogP contribution in [0.4, 0.5) is 5.69 Å². The van der Waals surface area contributed by atoms with Crippen molar-refractivity contribution in [2.75, 3.05) is 10.8 Å². The van der Waals surface area contributed by atoms with Gasteiger partial charge in [0.15, 0.2) is 0 Å². The van der Waals surface area contributed by atoms with Gasteiger partial charge in [-0.05, 0) is 31.5 Å². The van der Waals surface area contributed by atoms with Crippen molar-refractivity contribution in [1.82, 2.24) is 0 Å². The Hall–Kier alpha value is -1.04. The molecule has 0 spiro atoms. The number of alkyl halides is 1. The fourth-order valence-corrected chi connectivity index (χ4v) is 4.92. The molecule has 1 aromatic carbocycles. The van der Waals surface area contributed by atoms with Crippen LogP contribution in [-0.4, -0.2) is 15.0 Å². The first kappa shape index (κ1) is 15.4. The van der Waals surface area contributed by atoms with Crippen LogP contribution in [0.15, 0.2) is 40.6 Å². The normalized spacial score (nSPS) is 11.6. The second kappa shape index (κ2) is 6.16. The SMILES string of the molecule is CCN(c1ccccc1C)S(=O)(=O)c1csc(CCl)c1. The third-order valence-electron chi connectivity index (χ3n) is 3.02. The number of sulfonamides is 1. The van der Waals surface area contributed by atoms with Crippen LogP contribution in [0.25, 0.3) is 0 Å². The maximum Gasteiger partial charge on any atom is 0.265 e. The van der Waals surface area contributed by atoms with E-state index in [9.17, 15) is 8.42 Å². The van der Waals surface area contributed by atoms with Crippen LogP contribution < -0.4 is 4.31 Å². The number of para-hydroxylation sites is 1. The highest BCUT2D eigenvalue weighted by Crippen LogP contribution is 2.29. The third-order valence-corrected chi connectivity index (χ3v) is 6.42. The first-order valence-corrected chi connectivity index (χ1v) is 9.08. The van der Waals surface area contributed by atoms with Gasteiger partial charge in [-0.3, -0.25) is 4.31 Å². The maximum absolute atomic E-state index is 12.7. The van der Waals surface area contributed by atoms with Crippen LogP contribution in [0, 0.1) is 6.92 Å². The van der Waals surface area contributed by atoms with Crippen LogP contribution >= 0.6 is 22.9 Å². The van der Waals surface area contributed by atoms with Gasteiger partial charge in [-0.15, -0.1) is 22.9 Å². The number of aryl methyl sites for hydroxylation is 1. The lowest BCUT2D eigenvalue weighted by Crippen LogP contribution is -2.31. The number of rotatable bonds is 5. The number of thiophene rings is 1. The summed E-state index contributed by atoms with van der Waals surface area (Å²) in [5.74, 6) is 0.330. The summed E-state index contributed by atoms with van der Waals surface area (Å²) in [6, 6.07) is 9.12. The molecular formula is C14H16ClNO2S2. The van der Waals surface area contributed by atoms with Gasteiger partial charge in [0, 0.05) is 16.8 Å². The van der Waals surface area contributed by atoms with Gasteiger partial charge in [0.1, 0.15) is 0 Å². The second-order valence-corrected chi connectivity index (χ2v) is 7.46. The highest BCUT2D eigenvalue weighted by atomic mass is 35.5. The molecule has 0 amide bonds. The molecule has 0 aliphatic carbocycles. The smallest absolute Gasteiger partial charge is 0.265 e. The topological polar surface area (TPSA) is 37.4 Å². The summed E-state index contributed by atoms with van der Waals surface area (Å²) in [5.41, 5.74) is 1.65. The largest absolute Gasteiger partial charge is 0.266 e. The molecule has 0 fully saturated rings. The molecule has 1 heterocycles. The first-order valence-electron chi connectivity index (χ1n) is 6.22. The lowest BCUT2D eigenvalue weighted by Gasteiger charge is -2.23. The van der Waals surface area contributed by atoms with Crippen molar-refractivity contribution in [3.8, 4) is 0 Å². The average Bonchev–Trinajstić information content (AvgIpc) is 2.91. The van der Waals surface area contributed by atoms with Crippen molar-refractivity contribution >= 4 is 38.6 Å². The zero-order valence-corrected chi connectivity index (χ0v) is 13.7. The van der Waals surface area contributed by atoms with Crippen molar-refractivity contribution in [2.24, 2.45) is 0 Å². The number of nitrogens with zero attached hydrogens (tertiary/aromatic N) is 1. The van der Waals surface area contributed by atoms with Gasteiger partial charge in [0.05, 0.1) is 16.5 Å². The Balaban J connectivity index is 2.48. The monoisotopic (exact) mass is 329 g/mol. The zero-order chi connectivity index (χ0) is 14.8. The summed E-state index contributed by atoms with van der Waals surface area (Å²) in [7, 11) is -3.53. The molecule has 108 valence electrons. The van der Waals surface area contributed by atoms with Gasteiger partial charge in [-0.2, -0.15) is 0 Å². The standard InChI is InChI=1S/C14H16ClNO2S2/c1-3-16(14-7-5-4-6-11(14)2)20(17,18)13-8-12(9-15)19-10-13/h4-8,10H,3,9H2,1-2H3. The Labute approximate surface area is 128 Å². The van der Waals surface area contributed by atoms with E-state index in [4.69, 9.17) is 11.6 Å². The average molecular weight is 330 g/mol. The van der Waals surface area contributed by atoms with E-state index in [-0.39, 0.29) is 0 Å². The number of benzene rings is 1. The van der Waals surface area contributed by atoms with Crippen molar-refractivity contribution in [3.63, 3.8) is 0 Å². The predicted octanol–water partition coefficient (Wildman–Crippen LogP) is 4.01. The second-order valence-electron chi connectivity index (χ2n) is 4.34. The van der Waals surface area contributed by atoms with E-state index in [1.165, 1.54) is 15.6 Å². The molecule has 0 saturated carbocycles. The Kier molecular flexibility index (Phi) is 4.73. The van der Waals surface area contributed by atoms with Crippen LogP contribution in [0.3, 0.4) is 0 Å². The minimum absolute atomic E-state index is 0.309. The molecule has 2 rings (SSSR count). The quantitative estimate of drug-likeness (QED) is 0.777. The molecule has 0 aliphatic rings.